The van der Waals surface area contributed by atoms with Crippen molar-refractivity contribution in [3.63, 3.8) is 0 Å². The van der Waals surface area contributed by atoms with Gasteiger partial charge >= 0.3 is 5.97 Å². The Morgan fingerprint density at radius 1 is 0.432 bits per heavy atom. The van der Waals surface area contributed by atoms with E-state index >= 15 is 0 Å². The molecule has 9 aliphatic rings. The Hall–Kier alpha value is -0.790. The lowest BCUT2D eigenvalue weighted by molar-refractivity contribution is -0.577. The third-order valence-corrected chi connectivity index (χ3v) is 13.2. The van der Waals surface area contributed by atoms with E-state index < -0.39 is 0 Å². The highest BCUT2D eigenvalue weighted by atomic mass is 16.6. The number of hydrogen-bond donors (Lipinski definition) is 0. The van der Waals surface area contributed by atoms with Crippen molar-refractivity contribution in [1.29, 1.82) is 0 Å². The first-order valence-corrected chi connectivity index (χ1v) is 17.1. The highest BCUT2D eigenvalue weighted by Crippen LogP contribution is 3.05. The summed E-state index contributed by atoms with van der Waals surface area (Å²) in [4.78, 5) is 13.7. The van der Waals surface area contributed by atoms with Crippen molar-refractivity contribution in [3.05, 3.63) is 12.2 Å². The molecule has 3 saturated heterocycles. The van der Waals surface area contributed by atoms with Crippen molar-refractivity contribution in [2.75, 3.05) is 0 Å². The number of esters is 1. The fourth-order valence-electron chi connectivity index (χ4n) is 12.6. The number of carbonyl (C=O) groups is 1. The van der Waals surface area contributed by atoms with E-state index in [-0.39, 0.29) is 33.2 Å². The molecule has 37 heavy (non-hydrogen) atoms. The lowest BCUT2D eigenvalue weighted by Gasteiger charge is -3.03. The van der Waals surface area contributed by atoms with Crippen molar-refractivity contribution in [1.82, 2.24) is 0 Å². The monoisotopic (exact) mass is 508 g/mol. The molecule has 2 bridgehead atoms. The highest BCUT2D eigenvalue weighted by Gasteiger charge is 3.09. The fraction of sp³-hybridized carbons (Fsp3) is 0.914. The van der Waals surface area contributed by atoms with Crippen LogP contribution in [0.4, 0.5) is 0 Å². The normalized spacial score (nSPS) is 38.2. The lowest BCUT2D eigenvalue weighted by atomic mass is 9.02. The Labute approximate surface area is 228 Å². The minimum Gasteiger partial charge on any atom is -0.454 e. The molecule has 0 amide bonds. The molecule has 2 nitrogen and oxygen atoms in total. The molecule has 6 saturated carbocycles. The van der Waals surface area contributed by atoms with Crippen LogP contribution in [0, 0.1) is 21.7 Å². The molecule has 3 aliphatic heterocycles. The summed E-state index contributed by atoms with van der Waals surface area (Å²) in [5.41, 5.74) is 1.37. The van der Waals surface area contributed by atoms with Crippen LogP contribution in [0.5, 0.6) is 0 Å². The number of hydrogen-bond acceptors (Lipinski definition) is 2. The Morgan fingerprint density at radius 3 is 0.919 bits per heavy atom. The molecular formula is C35H56O2. The summed E-state index contributed by atoms with van der Waals surface area (Å²) in [6.45, 7) is 4.78. The lowest BCUT2D eigenvalue weighted by Crippen LogP contribution is -3.07. The van der Waals surface area contributed by atoms with Crippen LogP contribution in [0.15, 0.2) is 12.2 Å². The van der Waals surface area contributed by atoms with Crippen molar-refractivity contribution in [2.24, 2.45) is 21.7 Å². The first-order valence-electron chi connectivity index (χ1n) is 17.1. The summed E-state index contributed by atoms with van der Waals surface area (Å²) in [6, 6.07) is 0. The van der Waals surface area contributed by atoms with Crippen LogP contribution in [-0.4, -0.2) is 11.6 Å². The molecule has 0 radical (unpaired) electrons. The molecule has 0 atom stereocenters. The zero-order chi connectivity index (χ0) is 25.5. The molecular weight excluding hydrogens is 452 g/mol. The van der Waals surface area contributed by atoms with Crippen LogP contribution >= 0.6 is 0 Å². The van der Waals surface area contributed by atoms with Gasteiger partial charge in [0.15, 0.2) is 0 Å². The van der Waals surface area contributed by atoms with E-state index in [1.54, 1.807) is 0 Å². The van der Waals surface area contributed by atoms with E-state index in [4.69, 9.17) is 11.3 Å². The molecule has 0 N–H and O–H groups in total. The molecule has 9 rings (SSSR count). The summed E-state index contributed by atoms with van der Waals surface area (Å²) < 4.78 is 7.16. The predicted octanol–water partition coefficient (Wildman–Crippen LogP) is 10.4. The van der Waals surface area contributed by atoms with Gasteiger partial charge in [-0.25, -0.2) is 4.79 Å². The van der Waals surface area contributed by atoms with E-state index in [1.807, 2.05) is 0 Å². The molecule has 6 aliphatic carbocycles. The molecule has 208 valence electrons. The van der Waals surface area contributed by atoms with E-state index in [2.05, 4.69) is 0 Å². The zero-order valence-electron chi connectivity index (χ0n) is 24.1. The topological polar surface area (TPSA) is 26.3 Å². The van der Waals surface area contributed by atoms with Crippen molar-refractivity contribution in [2.45, 2.75) is 179 Å². The van der Waals surface area contributed by atoms with Crippen LogP contribution in [0.1, 0.15) is 173 Å². The quantitative estimate of drug-likeness (QED) is 0.240. The van der Waals surface area contributed by atoms with E-state index in [0.29, 0.717) is 0 Å². The van der Waals surface area contributed by atoms with E-state index in [0.717, 1.165) is 5.57 Å². The maximum absolute atomic E-state index is 13.7. The largest absolute Gasteiger partial charge is 0.454 e. The maximum atomic E-state index is 13.7. The van der Waals surface area contributed by atoms with Gasteiger partial charge in [-0.2, -0.15) is 0 Å². The van der Waals surface area contributed by atoms with Gasteiger partial charge in [-0.1, -0.05) is 141 Å². The Morgan fingerprint density at radius 2 is 0.676 bits per heavy atom. The van der Waals surface area contributed by atoms with Crippen LogP contribution in [0.3, 0.4) is 0 Å². The Balaban J connectivity index is 1.48. The van der Waals surface area contributed by atoms with Gasteiger partial charge in [-0.15, -0.1) is 0 Å². The van der Waals surface area contributed by atoms with Gasteiger partial charge in [0.25, 0.3) is 0 Å². The number of ether oxygens (including phenoxy) is 1. The summed E-state index contributed by atoms with van der Waals surface area (Å²) in [7, 11) is 0. The molecule has 0 aromatic rings. The second-order valence-electron chi connectivity index (χ2n) is 14.5. The second-order valence-corrected chi connectivity index (χ2v) is 14.5. The summed E-state index contributed by atoms with van der Waals surface area (Å²) in [5.74, 6) is 0.00755. The molecule has 9 fully saturated rings. The third-order valence-electron chi connectivity index (χ3n) is 13.2. The van der Waals surface area contributed by atoms with Crippen molar-refractivity contribution in [3.8, 4) is 0 Å². The SMILES string of the molecule is C=C1C(=O)OC23C4(CCCCCCCCC4)C1(C21CCCCCCCCC1)C31CCCCCCCCC1. The Bertz CT molecular complexity index is 735. The summed E-state index contributed by atoms with van der Waals surface area (Å²) >= 11 is 0. The molecule has 3 spiro atoms. The number of carbonyl (C=O) groups excluding carboxylic acids is 1. The van der Waals surface area contributed by atoms with Crippen molar-refractivity contribution < 1.29 is 9.53 Å². The molecule has 0 aromatic heterocycles. The maximum Gasteiger partial charge on any atom is 0.334 e. The third kappa shape index (κ3) is 3.20. The second kappa shape index (κ2) is 10.3. The van der Waals surface area contributed by atoms with Crippen LogP contribution in [0.25, 0.3) is 0 Å². The molecule has 0 aromatic carbocycles. The minimum absolute atomic E-state index is 0.00755. The smallest absolute Gasteiger partial charge is 0.334 e. The van der Waals surface area contributed by atoms with Crippen LogP contribution in [0.2, 0.25) is 0 Å². The first kappa shape index (κ1) is 26.4. The summed E-state index contributed by atoms with van der Waals surface area (Å²) in [5, 5.41) is 0. The van der Waals surface area contributed by atoms with E-state index in [9.17, 15) is 4.79 Å². The molecule has 0 unspecified atom stereocenters. The predicted molar refractivity (Wildman–Crippen MR) is 152 cm³/mol. The fourth-order valence-corrected chi connectivity index (χ4v) is 12.6. The van der Waals surface area contributed by atoms with Gasteiger partial charge in [0.05, 0.1) is 0 Å². The standard InChI is InChI=1S/C35H56O2/c1-29-30(36)37-35-31(23-17-11-5-2-6-12-18-24-31)34(29,32(35)25-19-13-7-3-8-14-20-26-32)33(35)27-21-15-9-4-10-16-22-28-33/h1-28H2. The van der Waals surface area contributed by atoms with E-state index in [1.165, 1.54) is 173 Å². The zero-order valence-corrected chi connectivity index (χ0v) is 24.1. The van der Waals surface area contributed by atoms with Crippen molar-refractivity contribution >= 4 is 5.97 Å². The molecule has 3 heterocycles. The van der Waals surface area contributed by atoms with Gasteiger partial charge in [-0.05, 0) is 38.5 Å². The average Bonchev–Trinajstić information content (AvgIpc) is 2.92. The Kier molecular flexibility index (Phi) is 7.37. The van der Waals surface area contributed by atoms with Gasteiger partial charge in [0.1, 0.15) is 5.60 Å². The summed E-state index contributed by atoms with van der Waals surface area (Å²) in [6.07, 6.45) is 36.6. The van der Waals surface area contributed by atoms with Gasteiger partial charge < -0.3 is 4.74 Å². The van der Waals surface area contributed by atoms with Crippen LogP contribution < -0.4 is 0 Å². The van der Waals surface area contributed by atoms with Gasteiger partial charge in [0.2, 0.25) is 0 Å². The number of rotatable bonds is 0. The highest BCUT2D eigenvalue weighted by molar-refractivity contribution is 5.97. The van der Waals surface area contributed by atoms with Gasteiger partial charge in [-0.3, -0.25) is 0 Å². The minimum atomic E-state index is -0.192. The first-order chi connectivity index (χ1) is 18.2. The molecule has 2 heteroatoms. The average molecular weight is 509 g/mol. The van der Waals surface area contributed by atoms with Gasteiger partial charge in [0, 0.05) is 27.2 Å². The van der Waals surface area contributed by atoms with Crippen LogP contribution in [-0.2, 0) is 9.53 Å².